The second-order valence-electron chi connectivity index (χ2n) is 6.22. The van der Waals surface area contributed by atoms with Crippen molar-refractivity contribution in [2.45, 2.75) is 31.7 Å². The number of Topliss-reactive ketones (excluding diaryl/α,β-unsaturated/α-hetero) is 1. The number of hydrogen-bond donors (Lipinski definition) is 1. The zero-order valence-corrected chi connectivity index (χ0v) is 11.0. The van der Waals surface area contributed by atoms with Crippen LogP contribution in [0.4, 0.5) is 0 Å². The van der Waals surface area contributed by atoms with Crippen LogP contribution < -0.4 is 10.5 Å². The van der Waals surface area contributed by atoms with Crippen LogP contribution in [0.1, 0.15) is 35.2 Å². The third kappa shape index (κ3) is 1.64. The number of ketones is 1. The van der Waals surface area contributed by atoms with Gasteiger partial charge in [-0.15, -0.1) is 0 Å². The summed E-state index contributed by atoms with van der Waals surface area (Å²) in [5, 5.41) is 0. The molecule has 0 spiro atoms. The van der Waals surface area contributed by atoms with Gasteiger partial charge in [0.25, 0.3) is 0 Å². The molecular weight excluding hydrogens is 238 g/mol. The lowest BCUT2D eigenvalue weighted by molar-refractivity contribution is 0.0856. The average molecular weight is 257 g/mol. The van der Waals surface area contributed by atoms with Crippen LogP contribution in [0.3, 0.4) is 0 Å². The topological polar surface area (TPSA) is 52.3 Å². The Morgan fingerprint density at radius 3 is 2.89 bits per heavy atom. The van der Waals surface area contributed by atoms with Crippen LogP contribution in [0.25, 0.3) is 0 Å². The minimum atomic E-state index is 0.0547. The van der Waals surface area contributed by atoms with Gasteiger partial charge < -0.3 is 10.5 Å². The van der Waals surface area contributed by atoms with Crippen LogP contribution in [0.2, 0.25) is 0 Å². The van der Waals surface area contributed by atoms with Gasteiger partial charge in [-0.05, 0) is 54.9 Å². The number of rotatable bonds is 2. The summed E-state index contributed by atoms with van der Waals surface area (Å²) < 4.78 is 5.49. The summed E-state index contributed by atoms with van der Waals surface area (Å²) in [5.41, 5.74) is 8.27. The van der Waals surface area contributed by atoms with Crippen molar-refractivity contribution in [3.05, 3.63) is 29.3 Å². The summed E-state index contributed by atoms with van der Waals surface area (Å²) >= 11 is 0. The highest BCUT2D eigenvalue weighted by molar-refractivity contribution is 5.99. The Kier molecular flexibility index (Phi) is 2.46. The van der Waals surface area contributed by atoms with E-state index in [2.05, 4.69) is 0 Å². The van der Waals surface area contributed by atoms with E-state index in [1.54, 1.807) is 0 Å². The van der Waals surface area contributed by atoms with E-state index in [1.165, 1.54) is 18.4 Å². The number of benzene rings is 1. The molecule has 1 heterocycles. The van der Waals surface area contributed by atoms with Crippen molar-refractivity contribution in [3.63, 3.8) is 0 Å². The average Bonchev–Trinajstić information content (AvgIpc) is 3.12. The van der Waals surface area contributed by atoms with Gasteiger partial charge in [0.15, 0.2) is 5.78 Å². The van der Waals surface area contributed by atoms with Crippen LogP contribution in [-0.2, 0) is 6.42 Å². The minimum Gasteiger partial charge on any atom is -0.493 e. The van der Waals surface area contributed by atoms with Crippen molar-refractivity contribution in [3.8, 4) is 5.75 Å². The molecule has 2 aliphatic carbocycles. The number of carbonyl (C=O) groups excluding carboxylic acids is 1. The van der Waals surface area contributed by atoms with Gasteiger partial charge in [0.05, 0.1) is 6.61 Å². The lowest BCUT2D eigenvalue weighted by Gasteiger charge is -2.27. The van der Waals surface area contributed by atoms with Crippen LogP contribution in [0.15, 0.2) is 18.2 Å². The van der Waals surface area contributed by atoms with Crippen LogP contribution in [0, 0.1) is 17.8 Å². The predicted octanol–water partition coefficient (Wildman–Crippen LogP) is 2.18. The van der Waals surface area contributed by atoms with Crippen molar-refractivity contribution in [1.29, 1.82) is 0 Å². The Labute approximate surface area is 113 Å². The van der Waals surface area contributed by atoms with Crippen LogP contribution in [0.5, 0.6) is 5.75 Å². The van der Waals surface area contributed by atoms with Gasteiger partial charge in [0.1, 0.15) is 5.75 Å². The monoisotopic (exact) mass is 257 g/mol. The van der Waals surface area contributed by atoms with Crippen LogP contribution in [-0.4, -0.2) is 18.4 Å². The first-order chi connectivity index (χ1) is 9.24. The molecule has 4 unspecified atom stereocenters. The lowest BCUT2D eigenvalue weighted by atomic mass is 9.80. The van der Waals surface area contributed by atoms with E-state index >= 15 is 0 Å². The molecular formula is C16H19NO2. The highest BCUT2D eigenvalue weighted by Gasteiger charge is 2.49. The Morgan fingerprint density at radius 1 is 1.26 bits per heavy atom. The minimum absolute atomic E-state index is 0.0547. The maximum Gasteiger partial charge on any atom is 0.167 e. The molecule has 1 aromatic rings. The van der Waals surface area contributed by atoms with Crippen molar-refractivity contribution < 1.29 is 9.53 Å². The summed E-state index contributed by atoms with van der Waals surface area (Å²) in [7, 11) is 0. The van der Waals surface area contributed by atoms with Gasteiger partial charge >= 0.3 is 0 Å². The predicted molar refractivity (Wildman–Crippen MR) is 72.3 cm³/mol. The van der Waals surface area contributed by atoms with Gasteiger partial charge in [-0.3, -0.25) is 4.79 Å². The molecule has 0 saturated heterocycles. The molecule has 3 heteroatoms. The number of carbonyl (C=O) groups is 1. The van der Waals surface area contributed by atoms with E-state index in [0.29, 0.717) is 11.8 Å². The summed E-state index contributed by atoms with van der Waals surface area (Å²) in [6.45, 7) is 0.737. The molecule has 3 aliphatic rings. The SMILES string of the molecule is NC1C2CCC(C2)C1C(=O)c1ccc2c(c1)CCO2. The third-order valence-electron chi connectivity index (χ3n) is 5.26. The third-order valence-corrected chi connectivity index (χ3v) is 5.26. The first-order valence-electron chi connectivity index (χ1n) is 7.29. The molecule has 4 rings (SSSR count). The summed E-state index contributed by atoms with van der Waals surface area (Å²) in [6, 6.07) is 5.94. The van der Waals surface area contributed by atoms with E-state index in [1.807, 2.05) is 18.2 Å². The smallest absolute Gasteiger partial charge is 0.167 e. The summed E-state index contributed by atoms with van der Waals surface area (Å²) in [6.07, 6.45) is 4.47. The molecule has 4 atom stereocenters. The second kappa shape index (κ2) is 4.07. The molecule has 2 fully saturated rings. The molecule has 2 N–H and O–H groups in total. The summed E-state index contributed by atoms with van der Waals surface area (Å²) in [5.74, 6) is 2.36. The zero-order valence-electron chi connectivity index (χ0n) is 11.0. The summed E-state index contributed by atoms with van der Waals surface area (Å²) in [4.78, 5) is 12.7. The Bertz CT molecular complexity index is 538. The number of hydrogen-bond acceptors (Lipinski definition) is 3. The molecule has 0 radical (unpaired) electrons. The quantitative estimate of drug-likeness (QED) is 0.826. The van der Waals surface area contributed by atoms with Gasteiger partial charge in [-0.2, -0.15) is 0 Å². The highest BCUT2D eigenvalue weighted by atomic mass is 16.5. The van der Waals surface area contributed by atoms with E-state index in [0.717, 1.165) is 30.8 Å². The first kappa shape index (κ1) is 11.5. The number of nitrogens with two attached hydrogens (primary N) is 1. The molecule has 19 heavy (non-hydrogen) atoms. The van der Waals surface area contributed by atoms with Crippen molar-refractivity contribution >= 4 is 5.78 Å². The first-order valence-corrected chi connectivity index (χ1v) is 7.29. The molecule has 0 amide bonds. The van der Waals surface area contributed by atoms with E-state index in [-0.39, 0.29) is 17.7 Å². The van der Waals surface area contributed by atoms with Crippen molar-refractivity contribution in [2.24, 2.45) is 23.5 Å². The number of ether oxygens (including phenoxy) is 1. The maximum atomic E-state index is 12.7. The molecule has 3 nitrogen and oxygen atoms in total. The molecule has 2 bridgehead atoms. The van der Waals surface area contributed by atoms with E-state index in [4.69, 9.17) is 10.5 Å². The fraction of sp³-hybridized carbons (Fsp3) is 0.562. The normalized spacial score (nSPS) is 35.2. The highest BCUT2D eigenvalue weighted by Crippen LogP contribution is 2.48. The van der Waals surface area contributed by atoms with E-state index in [9.17, 15) is 4.79 Å². The number of fused-ring (bicyclic) bond motifs is 3. The van der Waals surface area contributed by atoms with Crippen LogP contribution >= 0.6 is 0 Å². The molecule has 1 aromatic carbocycles. The fourth-order valence-electron chi connectivity index (χ4n) is 4.26. The maximum absolute atomic E-state index is 12.7. The fourth-order valence-corrected chi connectivity index (χ4v) is 4.26. The lowest BCUT2D eigenvalue weighted by Crippen LogP contribution is -2.40. The second-order valence-corrected chi connectivity index (χ2v) is 6.22. The van der Waals surface area contributed by atoms with Gasteiger partial charge in [0.2, 0.25) is 0 Å². The molecule has 100 valence electrons. The Balaban J connectivity index is 1.64. The largest absolute Gasteiger partial charge is 0.493 e. The molecule has 2 saturated carbocycles. The molecule has 0 aromatic heterocycles. The Hall–Kier alpha value is -1.35. The van der Waals surface area contributed by atoms with Gasteiger partial charge in [-0.25, -0.2) is 0 Å². The standard InChI is InChI=1S/C16H19NO2/c17-15-11-2-1-10(8-11)14(15)16(18)12-3-4-13-9(7-12)5-6-19-13/h3-4,7,10-11,14-15H,1-2,5-6,8,17H2. The Morgan fingerprint density at radius 2 is 2.11 bits per heavy atom. The molecule has 1 aliphatic heterocycles. The van der Waals surface area contributed by atoms with Gasteiger partial charge in [0, 0.05) is 23.9 Å². The van der Waals surface area contributed by atoms with E-state index < -0.39 is 0 Å². The van der Waals surface area contributed by atoms with Crippen molar-refractivity contribution in [2.75, 3.05) is 6.61 Å². The van der Waals surface area contributed by atoms with Crippen molar-refractivity contribution in [1.82, 2.24) is 0 Å². The van der Waals surface area contributed by atoms with Gasteiger partial charge in [-0.1, -0.05) is 0 Å². The zero-order chi connectivity index (χ0) is 13.0.